The van der Waals surface area contributed by atoms with E-state index in [0.29, 0.717) is 34.7 Å². The lowest BCUT2D eigenvalue weighted by Crippen LogP contribution is -2.53. The Morgan fingerprint density at radius 2 is 1.50 bits per heavy atom. The van der Waals surface area contributed by atoms with Gasteiger partial charge in [0.05, 0.1) is 16.8 Å². The summed E-state index contributed by atoms with van der Waals surface area (Å²) < 4.78 is 2.79. The smallest absolute Gasteiger partial charge is 0.264 e. The molecule has 4 aromatic carbocycles. The lowest BCUT2D eigenvalue weighted by molar-refractivity contribution is 0.0535. The number of hydrogen-bond donors (Lipinski definition) is 1. The number of benzene rings is 4. The van der Waals surface area contributed by atoms with E-state index in [1.54, 1.807) is 29.2 Å². The molecule has 2 amide bonds. The quantitative estimate of drug-likeness (QED) is 0.190. The van der Waals surface area contributed by atoms with Crippen molar-refractivity contribution in [3.63, 3.8) is 0 Å². The summed E-state index contributed by atoms with van der Waals surface area (Å²) in [6.07, 6.45) is 2.64. The number of carbonyl (C=O) groups is 2. The number of nitrogens with zero attached hydrogens (tertiary/aromatic N) is 5. The van der Waals surface area contributed by atoms with Crippen LogP contribution < -0.4 is 4.90 Å². The Morgan fingerprint density at radius 1 is 0.840 bits per heavy atom. The number of halogens is 1. The number of aromatic nitrogens is 1. The number of phenolic OH excluding ortho intramolecular Hbond substituents is 1. The van der Waals surface area contributed by atoms with Crippen LogP contribution in [0.3, 0.4) is 0 Å². The van der Waals surface area contributed by atoms with Crippen LogP contribution in [-0.4, -0.2) is 82.0 Å². The van der Waals surface area contributed by atoms with E-state index in [9.17, 15) is 14.7 Å². The molecule has 0 bridgehead atoms. The number of rotatable bonds is 7. The summed E-state index contributed by atoms with van der Waals surface area (Å²) in [7, 11) is 2.16. The molecule has 0 radical (unpaired) electrons. The fourth-order valence-electron chi connectivity index (χ4n) is 7.11. The molecule has 3 heterocycles. The molecule has 1 atom stereocenters. The van der Waals surface area contributed by atoms with Gasteiger partial charge < -0.3 is 19.5 Å². The number of likely N-dealkylation sites (N-methyl/N-ethyl adjacent to an activating group) is 1. The third kappa shape index (κ3) is 6.99. The van der Waals surface area contributed by atoms with E-state index >= 15 is 0 Å². The molecular weight excluding hydrogens is 690 g/mol. The predicted octanol–water partition coefficient (Wildman–Crippen LogP) is 7.36. The second-order valence-electron chi connectivity index (χ2n) is 13.6. The van der Waals surface area contributed by atoms with Crippen LogP contribution in [0.15, 0.2) is 108 Å². The Bertz CT molecular complexity index is 1970. The normalized spacial score (nSPS) is 16.6. The molecule has 0 spiro atoms. The van der Waals surface area contributed by atoms with Gasteiger partial charge in [-0.25, -0.2) is 0 Å². The zero-order chi connectivity index (χ0) is 34.9. The van der Waals surface area contributed by atoms with E-state index in [0.717, 1.165) is 54.9 Å². The standard InChI is InChI=1S/C41H42BrN5O3/c1-28-8-11-34(12-9-28)47(35-13-15-37(48)16-14-35)40(49)32-22-29(2)45(26-32)39-24-33(42)10-17-38(39)41(50)46-25-31-7-5-4-6-30(31)23-36(46)27-44-20-18-43(3)19-21-44/h4-17,22,24,26,36,48H,18-21,23,25,27H2,1-3H3/t36-/m0/s1. The van der Waals surface area contributed by atoms with Crippen molar-refractivity contribution in [3.8, 4) is 11.4 Å². The number of amides is 2. The van der Waals surface area contributed by atoms with Gasteiger partial charge in [0.25, 0.3) is 11.8 Å². The summed E-state index contributed by atoms with van der Waals surface area (Å²) in [6.45, 7) is 9.37. The number of anilines is 2. The van der Waals surface area contributed by atoms with Gasteiger partial charge in [-0.3, -0.25) is 19.4 Å². The molecule has 8 nitrogen and oxygen atoms in total. The average Bonchev–Trinajstić information content (AvgIpc) is 3.51. The van der Waals surface area contributed by atoms with E-state index in [1.807, 2.05) is 79.2 Å². The Balaban J connectivity index is 1.24. The molecule has 1 aromatic heterocycles. The first-order valence-electron chi connectivity index (χ1n) is 17.1. The van der Waals surface area contributed by atoms with Crippen LogP contribution in [0.4, 0.5) is 11.4 Å². The van der Waals surface area contributed by atoms with Crippen molar-refractivity contribution in [2.24, 2.45) is 0 Å². The first-order chi connectivity index (χ1) is 24.1. The number of aromatic hydroxyl groups is 1. The number of carbonyl (C=O) groups excluding carboxylic acids is 2. The molecule has 1 fully saturated rings. The van der Waals surface area contributed by atoms with Gasteiger partial charge in [0.1, 0.15) is 5.75 Å². The molecule has 0 unspecified atom stereocenters. The number of hydrogen-bond acceptors (Lipinski definition) is 5. The molecule has 5 aromatic rings. The molecule has 1 saturated heterocycles. The van der Waals surface area contributed by atoms with E-state index in [1.165, 1.54) is 11.1 Å². The number of fused-ring (bicyclic) bond motifs is 1. The molecular formula is C41H42BrN5O3. The molecule has 0 saturated carbocycles. The van der Waals surface area contributed by atoms with Crippen LogP contribution in [0.1, 0.15) is 43.1 Å². The second kappa shape index (κ2) is 14.3. The van der Waals surface area contributed by atoms with Crippen molar-refractivity contribution < 1.29 is 14.7 Å². The van der Waals surface area contributed by atoms with Crippen molar-refractivity contribution in [2.75, 3.05) is 44.7 Å². The van der Waals surface area contributed by atoms with E-state index < -0.39 is 0 Å². The summed E-state index contributed by atoms with van der Waals surface area (Å²) >= 11 is 3.65. The highest BCUT2D eigenvalue weighted by atomic mass is 79.9. The fourth-order valence-corrected chi connectivity index (χ4v) is 7.46. The van der Waals surface area contributed by atoms with E-state index in [4.69, 9.17) is 0 Å². The zero-order valence-corrected chi connectivity index (χ0v) is 30.3. The molecule has 0 aliphatic carbocycles. The molecule has 1 N–H and O–H groups in total. The molecule has 7 rings (SSSR count). The van der Waals surface area contributed by atoms with Crippen LogP contribution in [-0.2, 0) is 13.0 Å². The lowest BCUT2D eigenvalue weighted by Gasteiger charge is -2.41. The third-order valence-electron chi connectivity index (χ3n) is 9.99. The lowest BCUT2D eigenvalue weighted by atomic mass is 9.92. The van der Waals surface area contributed by atoms with Crippen LogP contribution in [0.2, 0.25) is 0 Å². The van der Waals surface area contributed by atoms with Crippen molar-refractivity contribution in [2.45, 2.75) is 32.9 Å². The maximum Gasteiger partial charge on any atom is 0.264 e. The highest BCUT2D eigenvalue weighted by Crippen LogP contribution is 2.33. The van der Waals surface area contributed by atoms with Gasteiger partial charge in [-0.15, -0.1) is 0 Å². The van der Waals surface area contributed by atoms with Gasteiger partial charge in [-0.2, -0.15) is 0 Å². The largest absolute Gasteiger partial charge is 0.508 e. The fraction of sp³-hybridized carbons (Fsp3) is 0.268. The maximum absolute atomic E-state index is 14.8. The van der Waals surface area contributed by atoms with Gasteiger partial charge in [-0.05, 0) is 99.1 Å². The Hall–Kier alpha value is -4.70. The number of piperazine rings is 1. The minimum Gasteiger partial charge on any atom is -0.508 e. The predicted molar refractivity (Wildman–Crippen MR) is 202 cm³/mol. The number of phenols is 1. The molecule has 50 heavy (non-hydrogen) atoms. The molecule has 256 valence electrons. The second-order valence-corrected chi connectivity index (χ2v) is 14.5. The van der Waals surface area contributed by atoms with Crippen molar-refractivity contribution in [3.05, 3.63) is 141 Å². The highest BCUT2D eigenvalue weighted by molar-refractivity contribution is 9.10. The number of aryl methyl sites for hydroxylation is 2. The summed E-state index contributed by atoms with van der Waals surface area (Å²) in [5.41, 5.74) is 7.54. The van der Waals surface area contributed by atoms with Crippen molar-refractivity contribution >= 4 is 39.1 Å². The van der Waals surface area contributed by atoms with Crippen LogP contribution >= 0.6 is 15.9 Å². The average molecular weight is 733 g/mol. The van der Waals surface area contributed by atoms with Crippen LogP contribution in [0.5, 0.6) is 5.75 Å². The van der Waals surface area contributed by atoms with E-state index in [-0.39, 0.29) is 23.6 Å². The summed E-state index contributed by atoms with van der Waals surface area (Å²) in [5.74, 6) is -0.113. The molecule has 9 heteroatoms. The van der Waals surface area contributed by atoms with Crippen LogP contribution in [0, 0.1) is 13.8 Å². The van der Waals surface area contributed by atoms with E-state index in [2.05, 4.69) is 55.9 Å². The topological polar surface area (TPSA) is 72.3 Å². The minimum atomic E-state index is -0.218. The van der Waals surface area contributed by atoms with Crippen molar-refractivity contribution in [1.82, 2.24) is 19.3 Å². The van der Waals surface area contributed by atoms with Gasteiger partial charge >= 0.3 is 0 Å². The summed E-state index contributed by atoms with van der Waals surface area (Å²) in [4.78, 5) is 37.7. The molecule has 2 aliphatic heterocycles. The van der Waals surface area contributed by atoms with Crippen molar-refractivity contribution in [1.29, 1.82) is 0 Å². The third-order valence-corrected chi connectivity index (χ3v) is 10.5. The monoisotopic (exact) mass is 731 g/mol. The SMILES string of the molecule is Cc1ccc(N(C(=O)c2cc(C)n(-c3cc(Br)ccc3C(=O)N3Cc4ccccc4C[C@H]3CN3CCN(C)CC3)c2)c2ccc(O)cc2)cc1. The van der Waals surface area contributed by atoms with Gasteiger partial charge in [0.15, 0.2) is 0 Å². The Labute approximate surface area is 302 Å². The van der Waals surface area contributed by atoms with Gasteiger partial charge in [0.2, 0.25) is 0 Å². The Morgan fingerprint density at radius 3 is 2.20 bits per heavy atom. The first-order valence-corrected chi connectivity index (χ1v) is 17.9. The Kier molecular flexibility index (Phi) is 9.64. The summed E-state index contributed by atoms with van der Waals surface area (Å²) in [6, 6.07) is 30.5. The first kappa shape index (κ1) is 33.8. The van der Waals surface area contributed by atoms with Crippen LogP contribution in [0.25, 0.3) is 5.69 Å². The van der Waals surface area contributed by atoms with Gasteiger partial charge in [-0.1, -0.05) is 57.9 Å². The minimum absolute atomic E-state index is 0.0208. The highest BCUT2D eigenvalue weighted by Gasteiger charge is 2.34. The zero-order valence-electron chi connectivity index (χ0n) is 28.7. The maximum atomic E-state index is 14.8. The molecule has 2 aliphatic rings. The summed E-state index contributed by atoms with van der Waals surface area (Å²) in [5, 5.41) is 9.96. The van der Waals surface area contributed by atoms with Gasteiger partial charge in [0, 0.05) is 73.0 Å².